The van der Waals surface area contributed by atoms with Gasteiger partial charge in [-0.2, -0.15) is 5.43 Å². The van der Waals surface area contributed by atoms with E-state index < -0.39 is 4.87 Å². The van der Waals surface area contributed by atoms with Crippen molar-refractivity contribution in [2.24, 2.45) is 0 Å². The highest BCUT2D eigenvalue weighted by Crippen LogP contribution is 2.44. The number of hydrogen-bond acceptors (Lipinski definition) is 4. The molecule has 1 unspecified atom stereocenters. The highest BCUT2D eigenvalue weighted by molar-refractivity contribution is 8.00. The molecule has 6 heteroatoms. The van der Waals surface area contributed by atoms with Crippen molar-refractivity contribution in [3.8, 4) is 0 Å². The lowest BCUT2D eigenvalue weighted by Gasteiger charge is -2.32. The fourth-order valence-corrected chi connectivity index (χ4v) is 3.53. The molecule has 1 aliphatic heterocycles. The smallest absolute Gasteiger partial charge is 0.235 e. The van der Waals surface area contributed by atoms with Crippen LogP contribution in [0, 0.1) is 0 Å². The van der Waals surface area contributed by atoms with E-state index in [-0.39, 0.29) is 17.3 Å². The first-order valence-corrected chi connectivity index (χ1v) is 6.89. The van der Waals surface area contributed by atoms with Gasteiger partial charge in [0.25, 0.3) is 0 Å². The Bertz CT molecular complexity index is 494. The maximum atomic E-state index is 11.8. The number of nitrogens with zero attached hydrogens (tertiary/aromatic N) is 1. The van der Waals surface area contributed by atoms with Gasteiger partial charge in [-0.15, -0.1) is 0 Å². The Morgan fingerprint density at radius 2 is 1.95 bits per heavy atom. The van der Waals surface area contributed by atoms with Crippen molar-refractivity contribution >= 4 is 23.6 Å². The third kappa shape index (κ3) is 2.74. The molecule has 2 N–H and O–H groups in total. The monoisotopic (exact) mass is 279 g/mol. The van der Waals surface area contributed by atoms with Gasteiger partial charge in [-0.1, -0.05) is 42.1 Å². The lowest BCUT2D eigenvalue weighted by molar-refractivity contribution is -0.136. The Labute approximate surface area is 116 Å². The molecular weight excluding hydrogens is 262 g/mol. The van der Waals surface area contributed by atoms with Crippen LogP contribution < -0.4 is 10.7 Å². The molecule has 0 spiro atoms. The van der Waals surface area contributed by atoms with E-state index in [2.05, 4.69) is 10.7 Å². The van der Waals surface area contributed by atoms with Crippen LogP contribution in [0.3, 0.4) is 0 Å². The van der Waals surface area contributed by atoms with Gasteiger partial charge < -0.3 is 5.32 Å². The van der Waals surface area contributed by atoms with Crippen molar-refractivity contribution in [3.05, 3.63) is 35.9 Å². The molecule has 1 heterocycles. The number of rotatable bonds is 2. The van der Waals surface area contributed by atoms with E-state index in [4.69, 9.17) is 0 Å². The summed E-state index contributed by atoms with van der Waals surface area (Å²) < 4.78 is 0. The molecule has 5 nitrogen and oxygen atoms in total. The van der Waals surface area contributed by atoms with E-state index in [0.717, 1.165) is 5.56 Å². The lowest BCUT2D eigenvalue weighted by Crippen LogP contribution is -2.50. The summed E-state index contributed by atoms with van der Waals surface area (Å²) in [6.07, 6.45) is 0. The summed E-state index contributed by atoms with van der Waals surface area (Å²) in [5.74, 6) is -0.225. The fraction of sp³-hybridized carbons (Fsp3) is 0.385. The van der Waals surface area contributed by atoms with Crippen LogP contribution in [-0.4, -0.2) is 22.3 Å². The van der Waals surface area contributed by atoms with Crippen molar-refractivity contribution in [3.63, 3.8) is 0 Å². The summed E-state index contributed by atoms with van der Waals surface area (Å²) in [4.78, 5) is 22.4. The number of carbonyl (C=O) groups excluding carboxylic acids is 2. The molecule has 1 aromatic carbocycles. The van der Waals surface area contributed by atoms with Crippen molar-refractivity contribution in [1.29, 1.82) is 0 Å². The Morgan fingerprint density at radius 1 is 1.32 bits per heavy atom. The maximum absolute atomic E-state index is 11.8. The number of amides is 2. The molecule has 1 aliphatic rings. The lowest BCUT2D eigenvalue weighted by atomic mass is 10.1. The van der Waals surface area contributed by atoms with Crippen molar-refractivity contribution in [2.75, 3.05) is 0 Å². The zero-order chi connectivity index (χ0) is 14.0. The van der Waals surface area contributed by atoms with Crippen LogP contribution in [0.1, 0.15) is 26.3 Å². The average molecular weight is 279 g/mol. The summed E-state index contributed by atoms with van der Waals surface area (Å²) >= 11 is 1.49. The molecule has 0 bridgehead atoms. The topological polar surface area (TPSA) is 61.4 Å². The Hall–Kier alpha value is -1.53. The summed E-state index contributed by atoms with van der Waals surface area (Å²) in [7, 11) is 0. The minimum atomic E-state index is -0.541. The van der Waals surface area contributed by atoms with Gasteiger partial charge in [0.1, 0.15) is 10.4 Å². The highest BCUT2D eigenvalue weighted by atomic mass is 32.2. The molecule has 2 atom stereocenters. The van der Waals surface area contributed by atoms with E-state index in [1.165, 1.54) is 25.6 Å². The summed E-state index contributed by atoms with van der Waals surface area (Å²) in [5.41, 5.74) is 3.72. The number of carbonyl (C=O) groups is 2. The second-order valence-electron chi connectivity index (χ2n) is 4.53. The van der Waals surface area contributed by atoms with Gasteiger partial charge in [0, 0.05) is 13.8 Å². The fourth-order valence-electron chi connectivity index (χ4n) is 2.13. The Morgan fingerprint density at radius 3 is 2.47 bits per heavy atom. The number of hydrazine groups is 1. The molecule has 19 heavy (non-hydrogen) atoms. The molecule has 2 amide bonds. The first kappa shape index (κ1) is 13.9. The van der Waals surface area contributed by atoms with Crippen LogP contribution in [0.5, 0.6) is 0 Å². The normalized spacial score (nSPS) is 26.3. The molecule has 0 aliphatic carbocycles. The first-order valence-electron chi connectivity index (χ1n) is 6.01. The van der Waals surface area contributed by atoms with Gasteiger partial charge in [0.15, 0.2) is 0 Å². The minimum absolute atomic E-state index is 0.0910. The highest BCUT2D eigenvalue weighted by Gasteiger charge is 2.45. The zero-order valence-electron chi connectivity index (χ0n) is 11.1. The molecule has 0 saturated carbocycles. The van der Waals surface area contributed by atoms with Crippen molar-refractivity contribution < 1.29 is 9.59 Å². The number of benzene rings is 1. The van der Waals surface area contributed by atoms with Gasteiger partial charge in [0.05, 0.1) is 0 Å². The SMILES string of the molecule is CC(=O)NC1NN(C(C)=O)[C@](C)(c2ccccc2)S1. The van der Waals surface area contributed by atoms with E-state index in [1.807, 2.05) is 37.3 Å². The van der Waals surface area contributed by atoms with Gasteiger partial charge in [-0.25, -0.2) is 0 Å². The number of hydrogen-bond donors (Lipinski definition) is 2. The van der Waals surface area contributed by atoms with Gasteiger partial charge in [-0.3, -0.25) is 14.6 Å². The van der Waals surface area contributed by atoms with Crippen LogP contribution in [0.4, 0.5) is 0 Å². The standard InChI is InChI=1S/C13H17N3O2S/c1-9(17)14-12-15-16(10(2)18)13(3,19-12)11-7-5-4-6-8-11/h4-8,12,15H,1-3H3,(H,14,17)/t12?,13-/m0/s1. The van der Waals surface area contributed by atoms with Crippen molar-refractivity contribution in [2.45, 2.75) is 31.1 Å². The van der Waals surface area contributed by atoms with Crippen LogP contribution in [-0.2, 0) is 14.5 Å². The van der Waals surface area contributed by atoms with E-state index in [9.17, 15) is 9.59 Å². The summed E-state index contributed by atoms with van der Waals surface area (Å²) in [6.45, 7) is 4.92. The average Bonchev–Trinajstić information content (AvgIpc) is 2.68. The quantitative estimate of drug-likeness (QED) is 0.858. The van der Waals surface area contributed by atoms with Crippen LogP contribution in [0.25, 0.3) is 0 Å². The minimum Gasteiger partial charge on any atom is -0.331 e. The maximum Gasteiger partial charge on any atom is 0.235 e. The van der Waals surface area contributed by atoms with Gasteiger partial charge >= 0.3 is 0 Å². The molecule has 1 aromatic rings. The van der Waals surface area contributed by atoms with Crippen molar-refractivity contribution in [1.82, 2.24) is 15.8 Å². The molecular formula is C13H17N3O2S. The largest absolute Gasteiger partial charge is 0.331 e. The second-order valence-corrected chi connectivity index (χ2v) is 6.03. The predicted molar refractivity (Wildman–Crippen MR) is 74.6 cm³/mol. The number of thioether (sulfide) groups is 1. The van der Waals surface area contributed by atoms with Crippen LogP contribution in [0.15, 0.2) is 30.3 Å². The third-order valence-corrected chi connectivity index (χ3v) is 4.32. The second kappa shape index (κ2) is 5.22. The molecule has 1 saturated heterocycles. The molecule has 0 radical (unpaired) electrons. The predicted octanol–water partition coefficient (Wildman–Crippen LogP) is 1.38. The van der Waals surface area contributed by atoms with Gasteiger partial charge in [0.2, 0.25) is 11.8 Å². The molecule has 0 aromatic heterocycles. The Balaban J connectivity index is 2.31. The third-order valence-electron chi connectivity index (χ3n) is 2.98. The first-order chi connectivity index (χ1) is 8.93. The molecule has 102 valence electrons. The van der Waals surface area contributed by atoms with E-state index in [1.54, 1.807) is 5.01 Å². The molecule has 1 fully saturated rings. The van der Waals surface area contributed by atoms with Crippen LogP contribution in [0.2, 0.25) is 0 Å². The Kier molecular flexibility index (Phi) is 3.82. The summed E-state index contributed by atoms with van der Waals surface area (Å²) in [6, 6.07) is 9.75. The van der Waals surface area contributed by atoms with Crippen LogP contribution >= 0.6 is 11.8 Å². The van der Waals surface area contributed by atoms with Gasteiger partial charge in [-0.05, 0) is 12.5 Å². The summed E-state index contributed by atoms with van der Waals surface area (Å²) in [5, 5.41) is 4.33. The molecule has 2 rings (SSSR count). The van der Waals surface area contributed by atoms with E-state index in [0.29, 0.717) is 0 Å². The van der Waals surface area contributed by atoms with E-state index >= 15 is 0 Å². The zero-order valence-corrected chi connectivity index (χ0v) is 12.0. The number of nitrogens with one attached hydrogen (secondary N) is 2.